The number of rotatable bonds is 3. The molecule has 0 aromatic heterocycles. The van der Waals surface area contributed by atoms with E-state index in [1.54, 1.807) is 0 Å². The van der Waals surface area contributed by atoms with Gasteiger partial charge in [0.05, 0.1) is 0 Å². The zero-order valence-corrected chi connectivity index (χ0v) is 5.69. The third kappa shape index (κ3) is 1.43. The van der Waals surface area contributed by atoms with Crippen LogP contribution in [0.4, 0.5) is 0 Å². The molecular weight excluding hydrogens is 112 g/mol. The fraction of sp³-hybridized carbons (Fsp3) is 1.00. The molecule has 0 radical (unpaired) electrons. The minimum absolute atomic E-state index is 0.211. The van der Waals surface area contributed by atoms with Gasteiger partial charge < -0.3 is 11.1 Å². The summed E-state index contributed by atoms with van der Waals surface area (Å²) in [6, 6.07) is 0.825. The standard InChI is InChI=1S/C7H14N2/c8-7(3-4-7)5-9-6-1-2-6/h6,9H,1-5,8H2. The number of hydrogen-bond donors (Lipinski definition) is 2. The summed E-state index contributed by atoms with van der Waals surface area (Å²) in [5.41, 5.74) is 6.07. The monoisotopic (exact) mass is 126 g/mol. The molecule has 0 aromatic rings. The smallest absolute Gasteiger partial charge is 0.0282 e. The molecule has 2 fully saturated rings. The van der Waals surface area contributed by atoms with Gasteiger partial charge in [0.2, 0.25) is 0 Å². The lowest BCUT2D eigenvalue weighted by molar-refractivity contribution is 0.566. The summed E-state index contributed by atoms with van der Waals surface area (Å²) in [4.78, 5) is 0. The van der Waals surface area contributed by atoms with E-state index in [1.807, 2.05) is 0 Å². The van der Waals surface area contributed by atoms with Crippen molar-refractivity contribution >= 4 is 0 Å². The highest BCUT2D eigenvalue weighted by Crippen LogP contribution is 2.32. The fourth-order valence-corrected chi connectivity index (χ4v) is 0.972. The maximum atomic E-state index is 5.86. The third-order valence-corrected chi connectivity index (χ3v) is 2.21. The first kappa shape index (κ1) is 5.69. The Kier molecular flexibility index (Phi) is 1.08. The molecule has 0 saturated heterocycles. The third-order valence-electron chi connectivity index (χ3n) is 2.21. The van der Waals surface area contributed by atoms with Crippen LogP contribution in [0.15, 0.2) is 0 Å². The predicted molar refractivity (Wildman–Crippen MR) is 37.2 cm³/mol. The maximum absolute atomic E-state index is 5.86. The van der Waals surface area contributed by atoms with Crippen molar-refractivity contribution in [3.63, 3.8) is 0 Å². The second-order valence-corrected chi connectivity index (χ2v) is 3.52. The van der Waals surface area contributed by atoms with Crippen LogP contribution in [0.2, 0.25) is 0 Å². The summed E-state index contributed by atoms with van der Waals surface area (Å²) in [5, 5.41) is 3.43. The molecule has 0 amide bonds. The molecule has 2 heteroatoms. The van der Waals surface area contributed by atoms with Gasteiger partial charge in [0.1, 0.15) is 0 Å². The fourth-order valence-electron chi connectivity index (χ4n) is 0.972. The van der Waals surface area contributed by atoms with Gasteiger partial charge in [-0.15, -0.1) is 0 Å². The highest BCUT2D eigenvalue weighted by molar-refractivity contribution is 5.01. The van der Waals surface area contributed by atoms with Gasteiger partial charge in [-0.2, -0.15) is 0 Å². The highest BCUT2D eigenvalue weighted by Gasteiger charge is 2.38. The van der Waals surface area contributed by atoms with Gasteiger partial charge in [-0.25, -0.2) is 0 Å². The lowest BCUT2D eigenvalue weighted by Gasteiger charge is -2.07. The van der Waals surface area contributed by atoms with Crippen molar-refractivity contribution in [2.24, 2.45) is 5.73 Å². The van der Waals surface area contributed by atoms with E-state index in [9.17, 15) is 0 Å². The van der Waals surface area contributed by atoms with E-state index in [0.29, 0.717) is 0 Å². The number of nitrogens with one attached hydrogen (secondary N) is 1. The molecule has 0 unspecified atom stereocenters. The molecule has 2 saturated carbocycles. The van der Waals surface area contributed by atoms with Gasteiger partial charge in [0, 0.05) is 18.1 Å². The summed E-state index contributed by atoms with van der Waals surface area (Å²) in [5.74, 6) is 0. The molecule has 0 aliphatic heterocycles. The molecule has 0 atom stereocenters. The molecule has 52 valence electrons. The molecule has 0 aromatic carbocycles. The molecular formula is C7H14N2. The maximum Gasteiger partial charge on any atom is 0.0282 e. The molecule has 0 heterocycles. The molecule has 0 bridgehead atoms. The largest absolute Gasteiger partial charge is 0.324 e. The van der Waals surface area contributed by atoms with Gasteiger partial charge in [-0.1, -0.05) is 0 Å². The number of nitrogens with two attached hydrogens (primary N) is 1. The molecule has 2 aliphatic carbocycles. The molecule has 2 aliphatic rings. The van der Waals surface area contributed by atoms with Crippen LogP contribution in [-0.4, -0.2) is 18.1 Å². The summed E-state index contributed by atoms with van der Waals surface area (Å²) in [7, 11) is 0. The predicted octanol–water partition coefficient (Wildman–Crippen LogP) is 0.230. The van der Waals surface area contributed by atoms with Crippen molar-refractivity contribution in [1.82, 2.24) is 5.32 Å². The van der Waals surface area contributed by atoms with Crippen molar-refractivity contribution < 1.29 is 0 Å². The SMILES string of the molecule is NC1(CNC2CC2)CC1. The van der Waals surface area contributed by atoms with Crippen LogP contribution in [0.3, 0.4) is 0 Å². The first-order valence-electron chi connectivity index (χ1n) is 3.81. The van der Waals surface area contributed by atoms with Crippen LogP contribution in [0, 0.1) is 0 Å². The van der Waals surface area contributed by atoms with Crippen molar-refractivity contribution in [2.45, 2.75) is 37.3 Å². The second kappa shape index (κ2) is 1.70. The lowest BCUT2D eigenvalue weighted by Crippen LogP contribution is -2.36. The normalized spacial score (nSPS) is 30.3. The Balaban J connectivity index is 1.65. The van der Waals surface area contributed by atoms with Gasteiger partial charge in [0.15, 0.2) is 0 Å². The van der Waals surface area contributed by atoms with Crippen LogP contribution in [-0.2, 0) is 0 Å². The van der Waals surface area contributed by atoms with Crippen LogP contribution >= 0.6 is 0 Å². The number of hydrogen-bond acceptors (Lipinski definition) is 2. The Hall–Kier alpha value is -0.0800. The van der Waals surface area contributed by atoms with Gasteiger partial charge >= 0.3 is 0 Å². The Morgan fingerprint density at radius 2 is 2.11 bits per heavy atom. The lowest BCUT2D eigenvalue weighted by atomic mass is 10.3. The Morgan fingerprint density at radius 1 is 1.44 bits per heavy atom. The molecule has 9 heavy (non-hydrogen) atoms. The summed E-state index contributed by atoms with van der Waals surface area (Å²) >= 11 is 0. The van der Waals surface area contributed by atoms with E-state index in [0.717, 1.165) is 12.6 Å². The average molecular weight is 126 g/mol. The Bertz CT molecular complexity index is 114. The van der Waals surface area contributed by atoms with E-state index >= 15 is 0 Å². The Morgan fingerprint density at radius 3 is 2.56 bits per heavy atom. The quantitative estimate of drug-likeness (QED) is 0.568. The first-order chi connectivity index (χ1) is 4.29. The zero-order valence-electron chi connectivity index (χ0n) is 5.69. The van der Waals surface area contributed by atoms with Crippen LogP contribution in [0.1, 0.15) is 25.7 Å². The van der Waals surface area contributed by atoms with E-state index < -0.39 is 0 Å². The summed E-state index contributed by atoms with van der Waals surface area (Å²) in [6.45, 7) is 1.05. The Labute approximate surface area is 55.8 Å². The van der Waals surface area contributed by atoms with Crippen molar-refractivity contribution in [3.8, 4) is 0 Å². The van der Waals surface area contributed by atoms with Crippen LogP contribution in [0.5, 0.6) is 0 Å². The van der Waals surface area contributed by atoms with Crippen LogP contribution in [0.25, 0.3) is 0 Å². The van der Waals surface area contributed by atoms with Gasteiger partial charge in [0.25, 0.3) is 0 Å². The van der Waals surface area contributed by atoms with E-state index in [2.05, 4.69) is 5.32 Å². The van der Waals surface area contributed by atoms with Crippen LogP contribution < -0.4 is 11.1 Å². The summed E-state index contributed by atoms with van der Waals surface area (Å²) < 4.78 is 0. The van der Waals surface area contributed by atoms with Crippen molar-refractivity contribution in [3.05, 3.63) is 0 Å². The van der Waals surface area contributed by atoms with Crippen molar-refractivity contribution in [2.75, 3.05) is 6.54 Å². The van der Waals surface area contributed by atoms with Gasteiger partial charge in [-0.05, 0) is 25.7 Å². The van der Waals surface area contributed by atoms with E-state index in [-0.39, 0.29) is 5.54 Å². The summed E-state index contributed by atoms with van der Waals surface area (Å²) in [6.07, 6.45) is 5.20. The van der Waals surface area contributed by atoms with E-state index in [4.69, 9.17) is 5.73 Å². The van der Waals surface area contributed by atoms with Gasteiger partial charge in [-0.3, -0.25) is 0 Å². The molecule has 2 rings (SSSR count). The van der Waals surface area contributed by atoms with E-state index in [1.165, 1.54) is 25.7 Å². The highest BCUT2D eigenvalue weighted by atomic mass is 15.0. The minimum Gasteiger partial charge on any atom is -0.324 e. The molecule has 0 spiro atoms. The second-order valence-electron chi connectivity index (χ2n) is 3.52. The minimum atomic E-state index is 0.211. The molecule has 2 nitrogen and oxygen atoms in total. The van der Waals surface area contributed by atoms with Crippen molar-refractivity contribution in [1.29, 1.82) is 0 Å². The topological polar surface area (TPSA) is 38.0 Å². The zero-order chi connectivity index (χ0) is 6.32. The first-order valence-corrected chi connectivity index (χ1v) is 3.81. The molecule has 3 N–H and O–H groups in total. The average Bonchev–Trinajstić information content (AvgIpc) is 2.58.